The molecule has 0 aliphatic rings. The first-order valence-corrected chi connectivity index (χ1v) is 7.45. The molecule has 0 saturated heterocycles. The van der Waals surface area contributed by atoms with E-state index in [4.69, 9.17) is 0 Å². The monoisotopic (exact) mass is 272 g/mol. The molecule has 1 aromatic heterocycles. The summed E-state index contributed by atoms with van der Waals surface area (Å²) in [5.74, 6) is 1.94. The molecule has 20 heavy (non-hydrogen) atoms. The molecule has 108 valence electrons. The van der Waals surface area contributed by atoms with Crippen molar-refractivity contribution in [2.24, 2.45) is 0 Å². The summed E-state index contributed by atoms with van der Waals surface area (Å²) >= 11 is 0. The summed E-state index contributed by atoms with van der Waals surface area (Å²) in [5, 5.41) is 7.96. The van der Waals surface area contributed by atoms with E-state index in [0.717, 1.165) is 43.3 Å². The van der Waals surface area contributed by atoms with Crippen molar-refractivity contribution in [2.45, 2.75) is 47.1 Å². The molecule has 0 aliphatic heterocycles. The van der Waals surface area contributed by atoms with Crippen LogP contribution in [-0.2, 0) is 19.4 Å². The molecule has 1 aromatic carbocycles. The van der Waals surface area contributed by atoms with E-state index in [1.807, 2.05) is 4.68 Å². The molecule has 4 nitrogen and oxygen atoms in total. The summed E-state index contributed by atoms with van der Waals surface area (Å²) in [6.45, 7) is 10.4. The van der Waals surface area contributed by atoms with E-state index in [0.29, 0.717) is 0 Å². The van der Waals surface area contributed by atoms with Gasteiger partial charge in [0.2, 0.25) is 0 Å². The molecule has 1 heterocycles. The van der Waals surface area contributed by atoms with Crippen LogP contribution in [0, 0.1) is 6.92 Å². The molecule has 0 atom stereocenters. The summed E-state index contributed by atoms with van der Waals surface area (Å²) in [4.78, 5) is 4.56. The first-order valence-electron chi connectivity index (χ1n) is 7.45. The molecule has 0 radical (unpaired) electrons. The zero-order valence-corrected chi connectivity index (χ0v) is 12.9. The number of nitrogens with zero attached hydrogens (tertiary/aromatic N) is 3. The minimum absolute atomic E-state index is 0.873. The third-order valence-electron chi connectivity index (χ3n) is 3.49. The molecule has 0 saturated carbocycles. The second kappa shape index (κ2) is 6.66. The lowest BCUT2D eigenvalue weighted by Gasteiger charge is -2.10. The zero-order chi connectivity index (χ0) is 14.5. The van der Waals surface area contributed by atoms with Crippen LogP contribution in [0.1, 0.15) is 43.5 Å². The molecule has 0 amide bonds. The topological polar surface area (TPSA) is 42.7 Å². The van der Waals surface area contributed by atoms with Gasteiger partial charge in [0, 0.05) is 19.4 Å². The van der Waals surface area contributed by atoms with Crippen LogP contribution in [0.4, 0.5) is 0 Å². The van der Waals surface area contributed by atoms with Gasteiger partial charge in [-0.15, -0.1) is 0 Å². The van der Waals surface area contributed by atoms with Gasteiger partial charge >= 0.3 is 0 Å². The highest BCUT2D eigenvalue weighted by Gasteiger charge is 2.10. The highest BCUT2D eigenvalue weighted by molar-refractivity contribution is 5.40. The third-order valence-corrected chi connectivity index (χ3v) is 3.49. The van der Waals surface area contributed by atoms with Crippen molar-refractivity contribution in [1.82, 2.24) is 20.1 Å². The highest BCUT2D eigenvalue weighted by Crippen LogP contribution is 2.16. The van der Waals surface area contributed by atoms with E-state index in [2.05, 4.69) is 61.3 Å². The van der Waals surface area contributed by atoms with E-state index in [9.17, 15) is 0 Å². The molecule has 0 bridgehead atoms. The molecular weight excluding hydrogens is 248 g/mol. The number of aromatic nitrogens is 3. The molecule has 2 rings (SSSR count). The number of aryl methyl sites for hydroxylation is 3. The maximum absolute atomic E-state index is 4.59. The van der Waals surface area contributed by atoms with Crippen molar-refractivity contribution in [3.63, 3.8) is 0 Å². The van der Waals surface area contributed by atoms with Crippen molar-refractivity contribution in [1.29, 1.82) is 0 Å². The second-order valence-electron chi connectivity index (χ2n) is 4.95. The van der Waals surface area contributed by atoms with E-state index in [1.165, 1.54) is 11.1 Å². The predicted octanol–water partition coefficient (Wildman–Crippen LogP) is 2.81. The first kappa shape index (κ1) is 14.7. The average molecular weight is 272 g/mol. The Labute approximate surface area is 121 Å². The SMILES string of the molecule is CCNCc1ccc(-n2nc(CC)nc2CC)cc1C. The van der Waals surface area contributed by atoms with E-state index in [1.54, 1.807) is 0 Å². The van der Waals surface area contributed by atoms with Gasteiger partial charge in [-0.3, -0.25) is 0 Å². The Morgan fingerprint density at radius 2 is 1.95 bits per heavy atom. The second-order valence-corrected chi connectivity index (χ2v) is 4.95. The number of rotatable bonds is 6. The van der Waals surface area contributed by atoms with Gasteiger partial charge in [-0.05, 0) is 36.7 Å². The number of nitrogens with one attached hydrogen (secondary N) is 1. The van der Waals surface area contributed by atoms with Gasteiger partial charge in [0.1, 0.15) is 5.82 Å². The van der Waals surface area contributed by atoms with Crippen molar-refractivity contribution in [3.8, 4) is 5.69 Å². The van der Waals surface area contributed by atoms with Gasteiger partial charge in [-0.25, -0.2) is 9.67 Å². The van der Waals surface area contributed by atoms with Crippen molar-refractivity contribution in [3.05, 3.63) is 41.0 Å². The molecule has 0 aliphatic carbocycles. The molecule has 0 spiro atoms. The largest absolute Gasteiger partial charge is 0.313 e. The molecule has 0 fully saturated rings. The normalized spacial score (nSPS) is 11.0. The fraction of sp³-hybridized carbons (Fsp3) is 0.500. The maximum atomic E-state index is 4.59. The number of benzene rings is 1. The summed E-state index contributed by atoms with van der Waals surface area (Å²) in [6, 6.07) is 6.51. The van der Waals surface area contributed by atoms with Crippen LogP contribution >= 0.6 is 0 Å². The lowest BCUT2D eigenvalue weighted by atomic mass is 10.1. The standard InChI is InChI=1S/C16H24N4/c1-5-15-18-16(6-2)20(19-15)14-9-8-13(11-17-7-3)12(4)10-14/h8-10,17H,5-7,11H2,1-4H3. The molecule has 4 heteroatoms. The van der Waals surface area contributed by atoms with Crippen molar-refractivity contribution in [2.75, 3.05) is 6.54 Å². The molecule has 0 unspecified atom stereocenters. The molecule has 1 N–H and O–H groups in total. The lowest BCUT2D eigenvalue weighted by molar-refractivity contribution is 0.722. The van der Waals surface area contributed by atoms with Gasteiger partial charge in [-0.2, -0.15) is 5.10 Å². The molecule has 2 aromatic rings. The lowest BCUT2D eigenvalue weighted by Crippen LogP contribution is -2.13. The molecular formula is C16H24N4. The minimum Gasteiger partial charge on any atom is -0.313 e. The summed E-state index contributed by atoms with van der Waals surface area (Å²) in [5.41, 5.74) is 3.73. The highest BCUT2D eigenvalue weighted by atomic mass is 15.3. The maximum Gasteiger partial charge on any atom is 0.151 e. The Hall–Kier alpha value is -1.68. The van der Waals surface area contributed by atoms with Crippen LogP contribution < -0.4 is 5.32 Å². The van der Waals surface area contributed by atoms with Crippen LogP contribution in [0.25, 0.3) is 5.69 Å². The third kappa shape index (κ3) is 3.07. The van der Waals surface area contributed by atoms with Crippen LogP contribution in [-0.4, -0.2) is 21.3 Å². The Morgan fingerprint density at radius 3 is 2.55 bits per heavy atom. The fourth-order valence-electron chi connectivity index (χ4n) is 2.25. The minimum atomic E-state index is 0.873. The Morgan fingerprint density at radius 1 is 1.15 bits per heavy atom. The van der Waals surface area contributed by atoms with Crippen LogP contribution in [0.15, 0.2) is 18.2 Å². The van der Waals surface area contributed by atoms with Gasteiger partial charge in [0.25, 0.3) is 0 Å². The summed E-state index contributed by atoms with van der Waals surface area (Å²) < 4.78 is 1.98. The summed E-state index contributed by atoms with van der Waals surface area (Å²) in [7, 11) is 0. The smallest absolute Gasteiger partial charge is 0.151 e. The van der Waals surface area contributed by atoms with Crippen molar-refractivity contribution < 1.29 is 0 Å². The van der Waals surface area contributed by atoms with Gasteiger partial charge in [0.05, 0.1) is 5.69 Å². The predicted molar refractivity (Wildman–Crippen MR) is 82.2 cm³/mol. The van der Waals surface area contributed by atoms with Gasteiger partial charge < -0.3 is 5.32 Å². The quantitative estimate of drug-likeness (QED) is 0.879. The van der Waals surface area contributed by atoms with Crippen LogP contribution in [0.5, 0.6) is 0 Å². The number of hydrogen-bond donors (Lipinski definition) is 1. The Bertz CT molecular complexity index is 572. The first-order chi connectivity index (χ1) is 9.69. The Kier molecular flexibility index (Phi) is 4.90. The van der Waals surface area contributed by atoms with Gasteiger partial charge in [-0.1, -0.05) is 26.8 Å². The van der Waals surface area contributed by atoms with Crippen LogP contribution in [0.3, 0.4) is 0 Å². The van der Waals surface area contributed by atoms with E-state index in [-0.39, 0.29) is 0 Å². The Balaban J connectivity index is 2.33. The zero-order valence-electron chi connectivity index (χ0n) is 12.9. The van der Waals surface area contributed by atoms with E-state index >= 15 is 0 Å². The van der Waals surface area contributed by atoms with Crippen LogP contribution in [0.2, 0.25) is 0 Å². The van der Waals surface area contributed by atoms with Crippen molar-refractivity contribution >= 4 is 0 Å². The van der Waals surface area contributed by atoms with E-state index < -0.39 is 0 Å². The van der Waals surface area contributed by atoms with Gasteiger partial charge in [0.15, 0.2) is 5.82 Å². The average Bonchev–Trinajstić information content (AvgIpc) is 2.89. The fourth-order valence-corrected chi connectivity index (χ4v) is 2.25. The summed E-state index contributed by atoms with van der Waals surface area (Å²) in [6.07, 6.45) is 1.77. The number of hydrogen-bond acceptors (Lipinski definition) is 3.